The zero-order chi connectivity index (χ0) is 18.6. The first-order valence-corrected chi connectivity index (χ1v) is 9.81. The van der Waals surface area contributed by atoms with Crippen molar-refractivity contribution in [3.05, 3.63) is 69.2 Å². The lowest BCUT2D eigenvalue weighted by Gasteiger charge is -2.00. The standard InChI is InChI=1S/C19H15FN4OS2/c1-25-16-6-7-26-17(16)10-23-24-18-14-9-13(27-19(14)22-11-21-18)8-12-4-2-3-5-15(12)20/h2-7,9-11H,8H2,1H3,(H,21,22,24). The maximum absolute atomic E-state index is 13.9. The number of hydrogen-bond donors (Lipinski definition) is 1. The highest BCUT2D eigenvalue weighted by Crippen LogP contribution is 2.30. The van der Waals surface area contributed by atoms with Crippen molar-refractivity contribution in [3.8, 4) is 5.75 Å². The monoisotopic (exact) mass is 398 g/mol. The molecule has 8 heteroatoms. The molecular weight excluding hydrogens is 383 g/mol. The number of nitrogens with one attached hydrogen (secondary N) is 1. The lowest BCUT2D eigenvalue weighted by molar-refractivity contribution is 0.416. The zero-order valence-corrected chi connectivity index (χ0v) is 16.0. The molecule has 0 bridgehead atoms. The van der Waals surface area contributed by atoms with Gasteiger partial charge >= 0.3 is 0 Å². The van der Waals surface area contributed by atoms with E-state index in [0.29, 0.717) is 17.8 Å². The summed E-state index contributed by atoms with van der Waals surface area (Å²) in [4.78, 5) is 11.4. The molecule has 3 heterocycles. The summed E-state index contributed by atoms with van der Waals surface area (Å²) in [6, 6.07) is 10.7. The molecule has 4 aromatic rings. The van der Waals surface area contributed by atoms with Gasteiger partial charge in [-0.2, -0.15) is 5.10 Å². The Labute approximate surface area is 163 Å². The van der Waals surface area contributed by atoms with E-state index in [0.717, 1.165) is 25.7 Å². The topological polar surface area (TPSA) is 59.4 Å². The van der Waals surface area contributed by atoms with Crippen LogP contribution in [0.3, 0.4) is 0 Å². The Morgan fingerprint density at radius 2 is 2.15 bits per heavy atom. The molecule has 1 aromatic carbocycles. The van der Waals surface area contributed by atoms with Crippen molar-refractivity contribution in [2.45, 2.75) is 6.42 Å². The highest BCUT2D eigenvalue weighted by atomic mass is 32.1. The molecule has 0 aliphatic rings. The third-order valence-corrected chi connectivity index (χ3v) is 5.81. The molecule has 0 unspecified atom stereocenters. The molecule has 0 aliphatic heterocycles. The van der Waals surface area contributed by atoms with Gasteiger partial charge in [-0.3, -0.25) is 5.43 Å². The highest BCUT2D eigenvalue weighted by Gasteiger charge is 2.10. The molecule has 3 aromatic heterocycles. The zero-order valence-electron chi connectivity index (χ0n) is 14.3. The molecule has 1 N–H and O–H groups in total. The summed E-state index contributed by atoms with van der Waals surface area (Å²) < 4.78 is 19.2. The van der Waals surface area contributed by atoms with E-state index in [1.165, 1.54) is 35.1 Å². The predicted molar refractivity (Wildman–Crippen MR) is 109 cm³/mol. The van der Waals surface area contributed by atoms with Gasteiger partial charge in [-0.25, -0.2) is 14.4 Å². The van der Waals surface area contributed by atoms with Gasteiger partial charge in [-0.05, 0) is 29.1 Å². The quantitative estimate of drug-likeness (QED) is 0.369. The second-order valence-electron chi connectivity index (χ2n) is 5.65. The number of methoxy groups -OCH3 is 1. The van der Waals surface area contributed by atoms with Crippen LogP contribution in [0, 0.1) is 5.82 Å². The average molecular weight is 398 g/mol. The number of halogens is 1. The average Bonchev–Trinajstić information content (AvgIpc) is 3.30. The molecule has 27 heavy (non-hydrogen) atoms. The van der Waals surface area contributed by atoms with Crippen LogP contribution in [0.1, 0.15) is 15.3 Å². The van der Waals surface area contributed by atoms with Crippen LogP contribution in [0.5, 0.6) is 5.75 Å². The van der Waals surface area contributed by atoms with Crippen LogP contribution >= 0.6 is 22.7 Å². The Balaban J connectivity index is 1.57. The lowest BCUT2D eigenvalue weighted by Crippen LogP contribution is -1.94. The van der Waals surface area contributed by atoms with Crippen molar-refractivity contribution in [2.75, 3.05) is 12.5 Å². The van der Waals surface area contributed by atoms with E-state index in [4.69, 9.17) is 4.74 Å². The minimum atomic E-state index is -0.200. The second-order valence-corrected chi connectivity index (χ2v) is 7.71. The van der Waals surface area contributed by atoms with Crippen LogP contribution in [-0.2, 0) is 6.42 Å². The Morgan fingerprint density at radius 3 is 3.00 bits per heavy atom. The van der Waals surface area contributed by atoms with Gasteiger partial charge in [0.15, 0.2) is 5.82 Å². The first kappa shape index (κ1) is 17.6. The molecular formula is C19H15FN4OS2. The van der Waals surface area contributed by atoms with Gasteiger partial charge in [0.05, 0.1) is 23.6 Å². The Morgan fingerprint density at radius 1 is 1.26 bits per heavy atom. The van der Waals surface area contributed by atoms with E-state index >= 15 is 0 Å². The van der Waals surface area contributed by atoms with Gasteiger partial charge < -0.3 is 4.74 Å². The van der Waals surface area contributed by atoms with Crippen LogP contribution in [0.25, 0.3) is 10.2 Å². The van der Waals surface area contributed by atoms with Crippen LogP contribution in [0.4, 0.5) is 10.2 Å². The number of ether oxygens (including phenoxy) is 1. The van der Waals surface area contributed by atoms with Crippen molar-refractivity contribution >= 4 is 44.9 Å². The molecule has 0 spiro atoms. The van der Waals surface area contributed by atoms with Gasteiger partial charge in [-0.15, -0.1) is 22.7 Å². The Bertz CT molecular complexity index is 1110. The third-order valence-electron chi connectivity index (χ3n) is 3.93. The molecule has 5 nitrogen and oxygen atoms in total. The predicted octanol–water partition coefficient (Wildman–Crippen LogP) is 4.94. The minimum Gasteiger partial charge on any atom is -0.495 e. The molecule has 0 saturated heterocycles. The lowest BCUT2D eigenvalue weighted by atomic mass is 10.1. The van der Waals surface area contributed by atoms with Crippen LogP contribution in [0.2, 0.25) is 0 Å². The molecule has 0 saturated carbocycles. The van der Waals surface area contributed by atoms with E-state index < -0.39 is 0 Å². The normalized spacial score (nSPS) is 11.3. The number of anilines is 1. The smallest absolute Gasteiger partial charge is 0.158 e. The van der Waals surface area contributed by atoms with Crippen LogP contribution in [-0.4, -0.2) is 23.3 Å². The molecule has 0 radical (unpaired) electrons. The van der Waals surface area contributed by atoms with Crippen molar-refractivity contribution in [1.29, 1.82) is 0 Å². The number of benzene rings is 1. The van der Waals surface area contributed by atoms with Gasteiger partial charge in [0.25, 0.3) is 0 Å². The number of aromatic nitrogens is 2. The van der Waals surface area contributed by atoms with Crippen molar-refractivity contribution in [3.63, 3.8) is 0 Å². The van der Waals surface area contributed by atoms with Gasteiger partial charge in [0.1, 0.15) is 22.7 Å². The summed E-state index contributed by atoms with van der Waals surface area (Å²) in [5.74, 6) is 1.19. The first-order chi connectivity index (χ1) is 13.2. The summed E-state index contributed by atoms with van der Waals surface area (Å²) in [5, 5.41) is 7.07. The van der Waals surface area contributed by atoms with E-state index in [1.54, 1.807) is 25.5 Å². The summed E-state index contributed by atoms with van der Waals surface area (Å²) in [6.07, 6.45) is 3.71. The number of hydrazone groups is 1. The van der Waals surface area contributed by atoms with Crippen molar-refractivity contribution in [1.82, 2.24) is 9.97 Å². The minimum absolute atomic E-state index is 0.200. The first-order valence-electron chi connectivity index (χ1n) is 8.12. The summed E-state index contributed by atoms with van der Waals surface area (Å²) in [6.45, 7) is 0. The van der Waals surface area contributed by atoms with E-state index in [9.17, 15) is 4.39 Å². The van der Waals surface area contributed by atoms with Gasteiger partial charge in [-0.1, -0.05) is 18.2 Å². The molecule has 4 rings (SSSR count). The maximum atomic E-state index is 13.9. The SMILES string of the molecule is COc1ccsc1C=NNc1ncnc2sc(Cc3ccccc3F)cc12. The van der Waals surface area contributed by atoms with Gasteiger partial charge in [0, 0.05) is 11.3 Å². The molecule has 136 valence electrons. The number of fused-ring (bicyclic) bond motifs is 1. The fraction of sp³-hybridized carbons (Fsp3) is 0.105. The highest BCUT2D eigenvalue weighted by molar-refractivity contribution is 7.18. The number of rotatable bonds is 6. The second kappa shape index (κ2) is 7.81. The number of nitrogens with zero attached hydrogens (tertiary/aromatic N) is 3. The van der Waals surface area contributed by atoms with E-state index in [1.807, 2.05) is 23.6 Å². The fourth-order valence-electron chi connectivity index (χ4n) is 2.64. The molecule has 0 fully saturated rings. The Hall–Kier alpha value is -2.84. The Kier molecular flexibility index (Phi) is 5.08. The molecule has 0 amide bonds. The molecule has 0 aliphatic carbocycles. The van der Waals surface area contributed by atoms with Crippen LogP contribution in [0.15, 0.2) is 53.2 Å². The largest absolute Gasteiger partial charge is 0.495 e. The summed E-state index contributed by atoms with van der Waals surface area (Å²) in [7, 11) is 1.63. The third kappa shape index (κ3) is 3.81. The van der Waals surface area contributed by atoms with Crippen LogP contribution < -0.4 is 10.2 Å². The number of thiophene rings is 2. The van der Waals surface area contributed by atoms with Gasteiger partial charge in [0.2, 0.25) is 0 Å². The number of hydrogen-bond acceptors (Lipinski definition) is 7. The summed E-state index contributed by atoms with van der Waals surface area (Å²) >= 11 is 3.06. The van der Waals surface area contributed by atoms with E-state index in [-0.39, 0.29) is 5.82 Å². The van der Waals surface area contributed by atoms with E-state index in [2.05, 4.69) is 20.5 Å². The van der Waals surface area contributed by atoms with Crippen molar-refractivity contribution in [2.24, 2.45) is 5.10 Å². The fourth-order valence-corrected chi connectivity index (χ4v) is 4.37. The maximum Gasteiger partial charge on any atom is 0.158 e. The molecule has 0 atom stereocenters. The van der Waals surface area contributed by atoms with Crippen molar-refractivity contribution < 1.29 is 9.13 Å². The summed E-state index contributed by atoms with van der Waals surface area (Å²) in [5.41, 5.74) is 3.63.